The van der Waals surface area contributed by atoms with E-state index in [1.807, 2.05) is 4.90 Å². The van der Waals surface area contributed by atoms with E-state index in [0.29, 0.717) is 5.57 Å². The van der Waals surface area contributed by atoms with Crippen molar-refractivity contribution in [2.24, 2.45) is 0 Å². The van der Waals surface area contributed by atoms with Crippen LogP contribution in [0.2, 0.25) is 0 Å². The monoisotopic (exact) mass is 274 g/mol. The van der Waals surface area contributed by atoms with Crippen LogP contribution in [0.5, 0.6) is 0 Å². The topological polar surface area (TPSA) is 63.5 Å². The number of benzene rings is 1. The van der Waals surface area contributed by atoms with Gasteiger partial charge in [0.1, 0.15) is 0 Å². The molecule has 0 unspecified atom stereocenters. The number of hydrogen-bond donors (Lipinski definition) is 0. The zero-order chi connectivity index (χ0) is 14.5. The van der Waals surface area contributed by atoms with Crippen LogP contribution in [-0.4, -0.2) is 28.8 Å². The van der Waals surface area contributed by atoms with Crippen LogP contribution in [0.1, 0.15) is 31.7 Å². The van der Waals surface area contributed by atoms with Crippen molar-refractivity contribution < 1.29 is 9.72 Å². The van der Waals surface area contributed by atoms with Crippen molar-refractivity contribution in [1.29, 1.82) is 0 Å². The summed E-state index contributed by atoms with van der Waals surface area (Å²) in [4.78, 5) is 24.2. The first kappa shape index (κ1) is 14.2. The van der Waals surface area contributed by atoms with Crippen LogP contribution in [-0.2, 0) is 4.79 Å². The Morgan fingerprint density at radius 3 is 2.35 bits per heavy atom. The average Bonchev–Trinajstić information content (AvgIpc) is 2.48. The number of rotatable bonds is 3. The van der Waals surface area contributed by atoms with E-state index in [1.54, 1.807) is 25.1 Å². The van der Waals surface area contributed by atoms with Gasteiger partial charge in [-0.25, -0.2) is 0 Å². The fourth-order valence-corrected chi connectivity index (χ4v) is 2.35. The van der Waals surface area contributed by atoms with Crippen molar-refractivity contribution in [3.05, 3.63) is 45.5 Å². The standard InChI is InChI=1S/C15H18N2O3/c1-12(15(18)16-9-3-2-4-10-16)11-13-5-7-14(8-6-13)17(19)20/h5-8,11H,2-4,9-10H2,1H3/b12-11+. The molecule has 106 valence electrons. The van der Waals surface area contributed by atoms with Gasteiger partial charge in [-0.1, -0.05) is 0 Å². The molecular weight excluding hydrogens is 256 g/mol. The molecule has 5 nitrogen and oxygen atoms in total. The van der Waals surface area contributed by atoms with Crippen LogP contribution in [0.4, 0.5) is 5.69 Å². The molecule has 1 aromatic rings. The second-order valence-corrected chi connectivity index (χ2v) is 5.03. The molecule has 1 aliphatic heterocycles. The summed E-state index contributed by atoms with van der Waals surface area (Å²) in [6.45, 7) is 3.44. The molecule has 1 heterocycles. The van der Waals surface area contributed by atoms with Gasteiger partial charge in [-0.3, -0.25) is 14.9 Å². The molecule has 1 saturated heterocycles. The van der Waals surface area contributed by atoms with Crippen LogP contribution in [0, 0.1) is 10.1 Å². The molecule has 20 heavy (non-hydrogen) atoms. The van der Waals surface area contributed by atoms with Crippen LogP contribution in [0.15, 0.2) is 29.8 Å². The largest absolute Gasteiger partial charge is 0.339 e. The number of nitrogens with zero attached hydrogens (tertiary/aromatic N) is 2. The minimum absolute atomic E-state index is 0.0576. The lowest BCUT2D eigenvalue weighted by Crippen LogP contribution is -2.36. The predicted octanol–water partition coefficient (Wildman–Crippen LogP) is 3.01. The van der Waals surface area contributed by atoms with Gasteiger partial charge >= 0.3 is 0 Å². The smallest absolute Gasteiger partial charge is 0.269 e. The minimum atomic E-state index is -0.431. The van der Waals surface area contributed by atoms with Crippen molar-refractivity contribution in [2.45, 2.75) is 26.2 Å². The Labute approximate surface area is 118 Å². The minimum Gasteiger partial charge on any atom is -0.339 e. The SMILES string of the molecule is C/C(=C\c1ccc([N+](=O)[O-])cc1)C(=O)N1CCCCC1. The number of non-ortho nitro benzene ring substituents is 1. The summed E-state index contributed by atoms with van der Waals surface area (Å²) < 4.78 is 0. The molecule has 1 amide bonds. The lowest BCUT2D eigenvalue weighted by molar-refractivity contribution is -0.384. The molecule has 0 bridgehead atoms. The van der Waals surface area contributed by atoms with E-state index in [4.69, 9.17) is 0 Å². The normalized spacial score (nSPS) is 16.1. The third-order valence-corrected chi connectivity index (χ3v) is 3.47. The molecule has 0 radical (unpaired) electrons. The number of nitro groups is 1. The summed E-state index contributed by atoms with van der Waals surface area (Å²) in [5.41, 5.74) is 1.53. The van der Waals surface area contributed by atoms with Crippen LogP contribution >= 0.6 is 0 Å². The molecule has 0 saturated carbocycles. The first-order valence-electron chi connectivity index (χ1n) is 6.80. The Morgan fingerprint density at radius 1 is 1.20 bits per heavy atom. The van der Waals surface area contributed by atoms with E-state index in [1.165, 1.54) is 18.6 Å². The molecular formula is C15H18N2O3. The number of nitro benzene ring substituents is 1. The first-order chi connectivity index (χ1) is 9.58. The number of hydrogen-bond acceptors (Lipinski definition) is 3. The summed E-state index contributed by atoms with van der Waals surface area (Å²) in [7, 11) is 0. The maximum atomic E-state index is 12.2. The Hall–Kier alpha value is -2.17. The second-order valence-electron chi connectivity index (χ2n) is 5.03. The van der Waals surface area contributed by atoms with Gasteiger partial charge in [-0.15, -0.1) is 0 Å². The maximum absolute atomic E-state index is 12.2. The van der Waals surface area contributed by atoms with Gasteiger partial charge in [-0.05, 0) is 50.0 Å². The molecule has 2 rings (SSSR count). The van der Waals surface area contributed by atoms with Crippen molar-refractivity contribution in [3.63, 3.8) is 0 Å². The van der Waals surface area contributed by atoms with Crippen molar-refractivity contribution in [1.82, 2.24) is 4.90 Å². The van der Waals surface area contributed by atoms with E-state index >= 15 is 0 Å². The van der Waals surface area contributed by atoms with Crippen LogP contribution in [0.25, 0.3) is 6.08 Å². The molecule has 1 aromatic carbocycles. The van der Waals surface area contributed by atoms with Crippen molar-refractivity contribution in [2.75, 3.05) is 13.1 Å². The number of amides is 1. The summed E-state index contributed by atoms with van der Waals surface area (Å²) in [6, 6.07) is 6.21. The number of likely N-dealkylation sites (tertiary alicyclic amines) is 1. The van der Waals surface area contributed by atoms with E-state index < -0.39 is 4.92 Å². The van der Waals surface area contributed by atoms with Gasteiger partial charge in [0.15, 0.2) is 0 Å². The second kappa shape index (κ2) is 6.32. The first-order valence-corrected chi connectivity index (χ1v) is 6.80. The fourth-order valence-electron chi connectivity index (χ4n) is 2.35. The van der Waals surface area contributed by atoms with Gasteiger partial charge in [0.05, 0.1) is 4.92 Å². The quantitative estimate of drug-likeness (QED) is 0.483. The summed E-state index contributed by atoms with van der Waals surface area (Å²) in [5, 5.41) is 10.6. The molecule has 1 aliphatic rings. The summed E-state index contributed by atoms with van der Waals surface area (Å²) in [5.74, 6) is 0.0584. The predicted molar refractivity (Wildman–Crippen MR) is 77.2 cm³/mol. The van der Waals surface area contributed by atoms with Gasteiger partial charge in [0.25, 0.3) is 5.69 Å². The third kappa shape index (κ3) is 3.44. The van der Waals surface area contributed by atoms with E-state index in [9.17, 15) is 14.9 Å². The Kier molecular flexibility index (Phi) is 4.50. The zero-order valence-corrected chi connectivity index (χ0v) is 11.5. The molecule has 0 spiro atoms. The molecule has 0 aliphatic carbocycles. The lowest BCUT2D eigenvalue weighted by Gasteiger charge is -2.27. The van der Waals surface area contributed by atoms with Gasteiger partial charge in [0.2, 0.25) is 5.91 Å². The Bertz CT molecular complexity index is 529. The molecule has 0 aromatic heterocycles. The molecule has 0 N–H and O–H groups in total. The maximum Gasteiger partial charge on any atom is 0.269 e. The number of carbonyl (C=O) groups is 1. The van der Waals surface area contributed by atoms with E-state index in [2.05, 4.69) is 0 Å². The summed E-state index contributed by atoms with van der Waals surface area (Å²) >= 11 is 0. The number of piperidine rings is 1. The summed E-state index contributed by atoms with van der Waals surface area (Å²) in [6.07, 6.45) is 5.10. The highest BCUT2D eigenvalue weighted by atomic mass is 16.6. The molecule has 1 fully saturated rings. The lowest BCUT2D eigenvalue weighted by atomic mass is 10.1. The number of carbonyl (C=O) groups excluding carboxylic acids is 1. The molecule has 5 heteroatoms. The van der Waals surface area contributed by atoms with Crippen LogP contribution < -0.4 is 0 Å². The van der Waals surface area contributed by atoms with E-state index in [0.717, 1.165) is 31.5 Å². The van der Waals surface area contributed by atoms with Gasteiger partial charge in [-0.2, -0.15) is 0 Å². The average molecular weight is 274 g/mol. The molecule has 0 atom stereocenters. The van der Waals surface area contributed by atoms with Crippen molar-refractivity contribution >= 4 is 17.7 Å². The van der Waals surface area contributed by atoms with Gasteiger partial charge in [0, 0.05) is 30.8 Å². The highest BCUT2D eigenvalue weighted by molar-refractivity contribution is 5.97. The fraction of sp³-hybridized carbons (Fsp3) is 0.400. The van der Waals surface area contributed by atoms with Crippen LogP contribution in [0.3, 0.4) is 0 Å². The zero-order valence-electron chi connectivity index (χ0n) is 11.5. The highest BCUT2D eigenvalue weighted by Crippen LogP contribution is 2.17. The van der Waals surface area contributed by atoms with Crippen molar-refractivity contribution in [3.8, 4) is 0 Å². The Morgan fingerprint density at radius 2 is 1.80 bits per heavy atom. The van der Waals surface area contributed by atoms with Gasteiger partial charge < -0.3 is 4.90 Å². The Balaban J connectivity index is 2.08. The highest BCUT2D eigenvalue weighted by Gasteiger charge is 2.17. The van der Waals surface area contributed by atoms with E-state index in [-0.39, 0.29) is 11.6 Å². The third-order valence-electron chi connectivity index (χ3n) is 3.47.